The predicted octanol–water partition coefficient (Wildman–Crippen LogP) is 6.72. The number of rotatable bonds is 19. The Morgan fingerprint density at radius 1 is 0.895 bits per heavy atom. The van der Waals surface area contributed by atoms with Gasteiger partial charge in [-0.2, -0.15) is 4.98 Å². The minimum atomic E-state index is -1.35. The molecule has 3 aromatic carbocycles. The molecular formula is C44H55N5O8. The van der Waals surface area contributed by atoms with Gasteiger partial charge in [0.2, 0.25) is 5.95 Å². The van der Waals surface area contributed by atoms with E-state index in [2.05, 4.69) is 21.9 Å². The number of nitrogen functional groups attached to an aromatic ring is 1. The summed E-state index contributed by atoms with van der Waals surface area (Å²) in [6.07, 6.45) is 3.20. The summed E-state index contributed by atoms with van der Waals surface area (Å²) < 4.78 is 32.9. The lowest BCUT2D eigenvalue weighted by Crippen LogP contribution is -2.55. The molecule has 4 N–H and O–H groups in total. The Bertz CT molecular complexity index is 2050. The fourth-order valence-corrected chi connectivity index (χ4v) is 7.80. The largest absolute Gasteiger partial charge is 0.497 e. The molecule has 0 amide bonds. The van der Waals surface area contributed by atoms with Crippen LogP contribution in [0.1, 0.15) is 88.6 Å². The van der Waals surface area contributed by atoms with Crippen molar-refractivity contribution in [3.8, 4) is 11.5 Å². The molecule has 0 saturated carbocycles. The van der Waals surface area contributed by atoms with E-state index in [4.69, 9.17) is 29.4 Å². The zero-order chi connectivity index (χ0) is 40.5. The second-order valence-corrected chi connectivity index (χ2v) is 14.9. The summed E-state index contributed by atoms with van der Waals surface area (Å²) in [5, 5.41) is 12.7. The van der Waals surface area contributed by atoms with Crippen LogP contribution < -0.4 is 20.8 Å². The van der Waals surface area contributed by atoms with E-state index in [9.17, 15) is 14.7 Å². The van der Waals surface area contributed by atoms with Gasteiger partial charge in [-0.05, 0) is 47.4 Å². The second kappa shape index (κ2) is 18.8. The van der Waals surface area contributed by atoms with Crippen LogP contribution in [0.25, 0.3) is 11.2 Å². The third kappa shape index (κ3) is 8.70. The van der Waals surface area contributed by atoms with Crippen molar-refractivity contribution in [3.63, 3.8) is 0 Å². The maximum atomic E-state index is 14.0. The number of nitrogens with one attached hydrogen (secondary N) is 1. The van der Waals surface area contributed by atoms with Gasteiger partial charge in [0.1, 0.15) is 35.9 Å². The smallest absolute Gasteiger partial charge is 0.308 e. The van der Waals surface area contributed by atoms with E-state index in [1.807, 2.05) is 78.9 Å². The van der Waals surface area contributed by atoms with Gasteiger partial charge in [0.15, 0.2) is 17.4 Å². The van der Waals surface area contributed by atoms with E-state index in [-0.39, 0.29) is 17.1 Å². The van der Waals surface area contributed by atoms with E-state index in [1.54, 1.807) is 32.6 Å². The summed E-state index contributed by atoms with van der Waals surface area (Å²) in [7, 11) is 3.20. The number of aliphatic hydroxyl groups excluding tert-OH is 1. The first-order valence-electron chi connectivity index (χ1n) is 19.9. The molecule has 57 heavy (non-hydrogen) atoms. The molecule has 0 radical (unpaired) electrons. The number of aromatic nitrogens is 4. The Morgan fingerprint density at radius 3 is 2.05 bits per heavy atom. The normalized spacial score (nSPS) is 18.9. The third-order valence-corrected chi connectivity index (χ3v) is 10.8. The second-order valence-electron chi connectivity index (χ2n) is 14.9. The standard InChI is InChI=1S/C44H55N5O8/c1-6-7-8-9-10-11-15-26-55-37-35(50)36(56-41(37)49-27-46-34-39(49)47-43(45)48-40(34)51)38(57-42(52)28(2)3)44(29-16-13-12-14-17-29,30-18-22-32(53-4)23-19-30)31-20-24-33(54-5)25-21-31/h12-14,16-25,27-28,35-38,41,50H,6-11,15,26H2,1-5H3,(H3,45,47,48,51)/t35-,36+,37-,38?,41-/m1/s1. The van der Waals surface area contributed by atoms with Gasteiger partial charge >= 0.3 is 5.97 Å². The summed E-state index contributed by atoms with van der Waals surface area (Å²) in [4.78, 5) is 38.2. The Morgan fingerprint density at radius 2 is 1.47 bits per heavy atom. The van der Waals surface area contributed by atoms with Crippen molar-refractivity contribution in [2.45, 2.75) is 102 Å². The maximum Gasteiger partial charge on any atom is 0.308 e. The molecule has 1 fully saturated rings. The molecule has 3 heterocycles. The van der Waals surface area contributed by atoms with Gasteiger partial charge in [-0.1, -0.05) is 114 Å². The van der Waals surface area contributed by atoms with Crippen LogP contribution >= 0.6 is 0 Å². The molecule has 1 unspecified atom stereocenters. The highest BCUT2D eigenvalue weighted by atomic mass is 16.6. The fourth-order valence-electron chi connectivity index (χ4n) is 7.80. The SMILES string of the molecule is CCCCCCCCCO[C@@H]1[C@H](O)[C@@H](C(OC(=O)C(C)C)C(c2ccccc2)(c2ccc(OC)cc2)c2ccc(OC)cc2)O[C@H]1n1cnc2c(=O)[nH]c(N)nc21. The van der Waals surface area contributed by atoms with Gasteiger partial charge in [-0.25, -0.2) is 4.98 Å². The number of H-pyrrole nitrogens is 1. The van der Waals surface area contributed by atoms with Crippen molar-refractivity contribution in [2.24, 2.45) is 5.92 Å². The number of methoxy groups -OCH3 is 2. The number of anilines is 1. The number of benzene rings is 3. The number of unbranched alkanes of at least 4 members (excludes halogenated alkanes) is 6. The lowest BCUT2D eigenvalue weighted by Gasteiger charge is -2.45. The first-order valence-corrected chi connectivity index (χ1v) is 19.9. The summed E-state index contributed by atoms with van der Waals surface area (Å²) in [6, 6.07) is 24.9. The average Bonchev–Trinajstić information content (AvgIpc) is 3.79. The molecule has 0 spiro atoms. The average molecular weight is 782 g/mol. The van der Waals surface area contributed by atoms with Crippen LogP contribution in [0.3, 0.4) is 0 Å². The minimum Gasteiger partial charge on any atom is -0.497 e. The van der Waals surface area contributed by atoms with Crippen molar-refractivity contribution in [3.05, 3.63) is 112 Å². The van der Waals surface area contributed by atoms with Crippen molar-refractivity contribution in [2.75, 3.05) is 26.6 Å². The highest BCUT2D eigenvalue weighted by Gasteiger charge is 2.58. The summed E-state index contributed by atoms with van der Waals surface area (Å²) in [6.45, 7) is 6.06. The number of nitrogens with zero attached hydrogens (tertiary/aromatic N) is 3. The van der Waals surface area contributed by atoms with E-state index in [0.29, 0.717) is 18.1 Å². The molecule has 1 aliphatic heterocycles. The lowest BCUT2D eigenvalue weighted by atomic mass is 9.63. The molecule has 1 aliphatic rings. The molecule has 304 valence electrons. The fraction of sp³-hybridized carbons (Fsp3) is 0.455. The van der Waals surface area contributed by atoms with E-state index in [0.717, 1.165) is 42.4 Å². The Labute approximate surface area is 333 Å². The van der Waals surface area contributed by atoms with Crippen molar-refractivity contribution in [1.29, 1.82) is 0 Å². The molecule has 2 aromatic heterocycles. The Kier molecular flexibility index (Phi) is 13.7. The van der Waals surface area contributed by atoms with E-state index < -0.39 is 53.5 Å². The van der Waals surface area contributed by atoms with Crippen LogP contribution in [0.4, 0.5) is 5.95 Å². The summed E-state index contributed by atoms with van der Waals surface area (Å²) >= 11 is 0. The van der Waals surface area contributed by atoms with Gasteiger partial charge in [0, 0.05) is 6.61 Å². The van der Waals surface area contributed by atoms with E-state index >= 15 is 0 Å². The lowest BCUT2D eigenvalue weighted by molar-refractivity contribution is -0.171. The van der Waals surface area contributed by atoms with Crippen LogP contribution in [0.15, 0.2) is 90.0 Å². The molecule has 5 aromatic rings. The predicted molar refractivity (Wildman–Crippen MR) is 217 cm³/mol. The molecule has 0 aliphatic carbocycles. The first kappa shape index (κ1) is 41.4. The van der Waals surface area contributed by atoms with Crippen LogP contribution in [0, 0.1) is 5.92 Å². The number of nitrogens with two attached hydrogens (primary N) is 1. The van der Waals surface area contributed by atoms with Gasteiger partial charge in [0.05, 0.1) is 31.9 Å². The van der Waals surface area contributed by atoms with Gasteiger partial charge in [0.25, 0.3) is 5.56 Å². The molecular weight excluding hydrogens is 727 g/mol. The number of aromatic amines is 1. The number of hydrogen-bond donors (Lipinski definition) is 3. The topological polar surface area (TPSA) is 173 Å². The maximum absolute atomic E-state index is 14.0. The van der Waals surface area contributed by atoms with Crippen LogP contribution in [0.2, 0.25) is 0 Å². The third-order valence-electron chi connectivity index (χ3n) is 10.8. The van der Waals surface area contributed by atoms with Crippen molar-refractivity contribution >= 4 is 23.1 Å². The zero-order valence-corrected chi connectivity index (χ0v) is 33.4. The highest BCUT2D eigenvalue weighted by molar-refractivity contribution is 5.73. The van der Waals surface area contributed by atoms with Crippen molar-refractivity contribution < 1.29 is 33.6 Å². The number of carbonyl (C=O) groups excluding carboxylic acids is 1. The monoisotopic (exact) mass is 781 g/mol. The Balaban J connectivity index is 1.53. The van der Waals surface area contributed by atoms with Gasteiger partial charge in [-0.15, -0.1) is 0 Å². The number of esters is 1. The van der Waals surface area contributed by atoms with Crippen LogP contribution in [-0.2, 0) is 24.4 Å². The number of ether oxygens (including phenoxy) is 5. The van der Waals surface area contributed by atoms with Crippen LogP contribution in [-0.4, -0.2) is 75.8 Å². The number of carbonyl (C=O) groups is 1. The number of hydrogen-bond acceptors (Lipinski definition) is 11. The number of fused-ring (bicyclic) bond motifs is 1. The Hall–Kier alpha value is -5.24. The molecule has 0 bridgehead atoms. The van der Waals surface area contributed by atoms with Crippen molar-refractivity contribution in [1.82, 2.24) is 19.5 Å². The summed E-state index contributed by atoms with van der Waals surface area (Å²) in [5.41, 5.74) is 6.69. The molecule has 13 nitrogen and oxygen atoms in total. The minimum absolute atomic E-state index is 0.0504. The van der Waals surface area contributed by atoms with E-state index in [1.165, 1.54) is 25.6 Å². The number of imidazole rings is 1. The molecule has 13 heteroatoms. The van der Waals surface area contributed by atoms with Gasteiger partial charge < -0.3 is 34.5 Å². The zero-order valence-electron chi connectivity index (χ0n) is 33.4. The highest BCUT2D eigenvalue weighted by Crippen LogP contribution is 2.49. The molecule has 5 atom stereocenters. The molecule has 6 rings (SSSR count). The molecule has 1 saturated heterocycles. The van der Waals surface area contributed by atoms with Gasteiger partial charge in [-0.3, -0.25) is 19.1 Å². The quantitative estimate of drug-likeness (QED) is 0.0462. The number of aliphatic hydroxyl groups is 1. The summed E-state index contributed by atoms with van der Waals surface area (Å²) in [5.74, 6) is 0.154. The van der Waals surface area contributed by atoms with Crippen LogP contribution in [0.5, 0.6) is 11.5 Å². The first-order chi connectivity index (χ1) is 27.6.